The van der Waals surface area contributed by atoms with Crippen molar-refractivity contribution in [2.24, 2.45) is 0 Å². The van der Waals surface area contributed by atoms with E-state index in [9.17, 15) is 4.79 Å². The van der Waals surface area contributed by atoms with Crippen molar-refractivity contribution in [2.45, 2.75) is 52.1 Å². The summed E-state index contributed by atoms with van der Waals surface area (Å²) in [6.45, 7) is 3.57. The molecule has 0 radical (unpaired) electrons. The van der Waals surface area contributed by atoms with Gasteiger partial charge in [-0.05, 0) is 42.8 Å². The van der Waals surface area contributed by atoms with E-state index in [1.165, 1.54) is 25.7 Å². The fourth-order valence-corrected chi connectivity index (χ4v) is 3.39. The number of ether oxygens (including phenoxy) is 1. The van der Waals surface area contributed by atoms with Gasteiger partial charge in [0, 0.05) is 12.1 Å². The third kappa shape index (κ3) is 4.91. The van der Waals surface area contributed by atoms with Crippen LogP contribution >= 0.6 is 0 Å². The summed E-state index contributed by atoms with van der Waals surface area (Å²) in [5.74, 6) is 1.53. The van der Waals surface area contributed by atoms with Crippen molar-refractivity contribution < 1.29 is 9.53 Å². The maximum atomic E-state index is 12.5. The third-order valence-electron chi connectivity index (χ3n) is 4.98. The van der Waals surface area contributed by atoms with Crippen LogP contribution in [0.15, 0.2) is 48.5 Å². The molecule has 148 valence electrons. The van der Waals surface area contributed by atoms with Crippen molar-refractivity contribution in [3.05, 3.63) is 59.9 Å². The Kier molecular flexibility index (Phi) is 7.06. The van der Waals surface area contributed by atoms with Crippen molar-refractivity contribution in [1.82, 2.24) is 14.9 Å². The molecule has 0 fully saturated rings. The molecule has 5 heteroatoms. The number of hydrogen-bond donors (Lipinski definition) is 1. The molecule has 0 aliphatic carbocycles. The minimum atomic E-state index is -0.107. The number of para-hydroxylation sites is 2. The number of benzene rings is 2. The standard InChI is InChI=1S/C23H29N3O2/c1-3-4-5-6-9-16-26-21-11-8-7-10-20(21)25-22(26)17-24-23(27)18-12-14-19(28-2)15-13-18/h7-8,10-15H,3-6,9,16-17H2,1-2H3,(H,24,27). The Morgan fingerprint density at radius 2 is 1.79 bits per heavy atom. The molecular weight excluding hydrogens is 350 g/mol. The summed E-state index contributed by atoms with van der Waals surface area (Å²) in [6.07, 6.45) is 6.15. The number of amides is 1. The van der Waals surface area contributed by atoms with Crippen LogP contribution in [0.4, 0.5) is 0 Å². The number of nitrogens with one attached hydrogen (secondary N) is 1. The smallest absolute Gasteiger partial charge is 0.251 e. The first kappa shape index (κ1) is 19.9. The zero-order valence-corrected chi connectivity index (χ0v) is 16.8. The van der Waals surface area contributed by atoms with E-state index in [1.54, 1.807) is 31.4 Å². The minimum Gasteiger partial charge on any atom is -0.497 e. The van der Waals surface area contributed by atoms with E-state index >= 15 is 0 Å². The summed E-state index contributed by atoms with van der Waals surface area (Å²) in [5.41, 5.74) is 2.72. The van der Waals surface area contributed by atoms with Crippen LogP contribution < -0.4 is 10.1 Å². The number of unbranched alkanes of at least 4 members (excludes halogenated alkanes) is 4. The molecule has 0 saturated heterocycles. The molecule has 1 N–H and O–H groups in total. The highest BCUT2D eigenvalue weighted by molar-refractivity contribution is 5.94. The zero-order valence-electron chi connectivity index (χ0n) is 16.8. The maximum Gasteiger partial charge on any atom is 0.251 e. The molecular formula is C23H29N3O2. The van der Waals surface area contributed by atoms with Crippen LogP contribution in [0.1, 0.15) is 55.2 Å². The third-order valence-corrected chi connectivity index (χ3v) is 4.98. The van der Waals surface area contributed by atoms with E-state index in [-0.39, 0.29) is 5.91 Å². The fraction of sp³-hybridized carbons (Fsp3) is 0.391. The van der Waals surface area contributed by atoms with Crippen LogP contribution in [0, 0.1) is 0 Å². The Morgan fingerprint density at radius 3 is 2.54 bits per heavy atom. The summed E-state index contributed by atoms with van der Waals surface area (Å²) in [5, 5.41) is 3.00. The van der Waals surface area contributed by atoms with Gasteiger partial charge in [0.15, 0.2) is 0 Å². The molecule has 0 saturated carbocycles. The number of hydrogen-bond acceptors (Lipinski definition) is 3. The number of fused-ring (bicyclic) bond motifs is 1. The Bertz CT molecular complexity index is 900. The Labute approximate surface area is 166 Å². The van der Waals surface area contributed by atoms with Crippen LogP contribution in [0.25, 0.3) is 11.0 Å². The van der Waals surface area contributed by atoms with Crippen LogP contribution in [0.5, 0.6) is 5.75 Å². The summed E-state index contributed by atoms with van der Waals surface area (Å²) in [7, 11) is 1.61. The van der Waals surface area contributed by atoms with Crippen molar-refractivity contribution >= 4 is 16.9 Å². The number of methoxy groups -OCH3 is 1. The van der Waals surface area contributed by atoms with Gasteiger partial charge < -0.3 is 14.6 Å². The molecule has 2 aromatic carbocycles. The largest absolute Gasteiger partial charge is 0.497 e. The van der Waals surface area contributed by atoms with Gasteiger partial charge in [-0.1, -0.05) is 44.7 Å². The average molecular weight is 380 g/mol. The maximum absolute atomic E-state index is 12.5. The number of aromatic nitrogens is 2. The van der Waals surface area contributed by atoms with E-state index < -0.39 is 0 Å². The van der Waals surface area contributed by atoms with Gasteiger partial charge in [-0.3, -0.25) is 4.79 Å². The summed E-state index contributed by atoms with van der Waals surface area (Å²) >= 11 is 0. The summed E-state index contributed by atoms with van der Waals surface area (Å²) in [4.78, 5) is 17.2. The highest BCUT2D eigenvalue weighted by Crippen LogP contribution is 2.18. The van der Waals surface area contributed by atoms with Crippen molar-refractivity contribution in [3.8, 4) is 5.75 Å². The minimum absolute atomic E-state index is 0.107. The first-order valence-electron chi connectivity index (χ1n) is 10.1. The lowest BCUT2D eigenvalue weighted by Gasteiger charge is -2.10. The number of nitrogens with zero attached hydrogens (tertiary/aromatic N) is 2. The molecule has 0 aliphatic heterocycles. The SMILES string of the molecule is CCCCCCCn1c(CNC(=O)c2ccc(OC)cc2)nc2ccccc21. The lowest BCUT2D eigenvalue weighted by Crippen LogP contribution is -2.24. The van der Waals surface area contributed by atoms with E-state index in [0.717, 1.165) is 35.6 Å². The van der Waals surface area contributed by atoms with E-state index in [2.05, 4.69) is 22.9 Å². The second-order valence-electron chi connectivity index (χ2n) is 6.99. The molecule has 0 aliphatic rings. The lowest BCUT2D eigenvalue weighted by atomic mass is 10.1. The molecule has 1 aromatic heterocycles. The molecule has 3 rings (SSSR count). The second kappa shape index (κ2) is 9.93. The van der Waals surface area contributed by atoms with Gasteiger partial charge in [0.05, 0.1) is 24.7 Å². The van der Waals surface area contributed by atoms with Crippen molar-refractivity contribution in [1.29, 1.82) is 0 Å². The molecule has 5 nitrogen and oxygen atoms in total. The van der Waals surface area contributed by atoms with Gasteiger partial charge in [-0.2, -0.15) is 0 Å². The number of carbonyl (C=O) groups excluding carboxylic acids is 1. The predicted octanol–water partition coefficient (Wildman–Crippen LogP) is 4.95. The fourth-order valence-electron chi connectivity index (χ4n) is 3.39. The molecule has 0 spiro atoms. The lowest BCUT2D eigenvalue weighted by molar-refractivity contribution is 0.0949. The predicted molar refractivity (Wildman–Crippen MR) is 113 cm³/mol. The number of rotatable bonds is 10. The van der Waals surface area contributed by atoms with Crippen LogP contribution in [0.2, 0.25) is 0 Å². The Balaban J connectivity index is 1.68. The Hall–Kier alpha value is -2.82. The van der Waals surface area contributed by atoms with Gasteiger partial charge in [0.25, 0.3) is 5.91 Å². The van der Waals surface area contributed by atoms with Gasteiger partial charge in [0.1, 0.15) is 11.6 Å². The number of imidazole rings is 1. The summed E-state index contributed by atoms with van der Waals surface area (Å²) in [6, 6.07) is 15.3. The molecule has 0 unspecified atom stereocenters. The van der Waals surface area contributed by atoms with Crippen LogP contribution in [-0.4, -0.2) is 22.6 Å². The van der Waals surface area contributed by atoms with E-state index in [4.69, 9.17) is 9.72 Å². The average Bonchev–Trinajstić information content (AvgIpc) is 3.09. The highest BCUT2D eigenvalue weighted by Gasteiger charge is 2.12. The first-order chi connectivity index (χ1) is 13.7. The monoisotopic (exact) mass is 379 g/mol. The molecule has 1 heterocycles. The second-order valence-corrected chi connectivity index (χ2v) is 6.99. The number of carbonyl (C=O) groups is 1. The molecule has 28 heavy (non-hydrogen) atoms. The molecule has 0 bridgehead atoms. The quantitative estimate of drug-likeness (QED) is 0.507. The molecule has 3 aromatic rings. The van der Waals surface area contributed by atoms with Crippen LogP contribution in [0.3, 0.4) is 0 Å². The van der Waals surface area contributed by atoms with Gasteiger partial charge >= 0.3 is 0 Å². The van der Waals surface area contributed by atoms with Gasteiger partial charge in [0.2, 0.25) is 0 Å². The van der Waals surface area contributed by atoms with E-state index in [0.29, 0.717) is 12.1 Å². The zero-order chi connectivity index (χ0) is 19.8. The first-order valence-corrected chi connectivity index (χ1v) is 10.1. The van der Waals surface area contributed by atoms with E-state index in [1.807, 2.05) is 18.2 Å². The van der Waals surface area contributed by atoms with Crippen LogP contribution in [-0.2, 0) is 13.1 Å². The van der Waals surface area contributed by atoms with Crippen molar-refractivity contribution in [3.63, 3.8) is 0 Å². The number of aryl methyl sites for hydroxylation is 1. The normalized spacial score (nSPS) is 10.9. The Morgan fingerprint density at radius 1 is 1.04 bits per heavy atom. The van der Waals surface area contributed by atoms with Gasteiger partial charge in [-0.15, -0.1) is 0 Å². The summed E-state index contributed by atoms with van der Waals surface area (Å²) < 4.78 is 7.39. The van der Waals surface area contributed by atoms with Gasteiger partial charge in [-0.25, -0.2) is 4.98 Å². The molecule has 1 amide bonds. The molecule has 0 atom stereocenters. The van der Waals surface area contributed by atoms with Crippen molar-refractivity contribution in [2.75, 3.05) is 7.11 Å². The highest BCUT2D eigenvalue weighted by atomic mass is 16.5. The topological polar surface area (TPSA) is 56.2 Å².